The van der Waals surface area contributed by atoms with Gasteiger partial charge in [-0.1, -0.05) is 0 Å². The van der Waals surface area contributed by atoms with Gasteiger partial charge in [0, 0.05) is 0 Å². The van der Waals surface area contributed by atoms with E-state index in [1.807, 2.05) is 39.9 Å². The second-order valence-corrected chi connectivity index (χ2v) is 15.6. The zero-order valence-corrected chi connectivity index (χ0v) is 20.2. The molecule has 0 spiro atoms. The van der Waals surface area contributed by atoms with E-state index >= 15 is 0 Å². The van der Waals surface area contributed by atoms with Gasteiger partial charge in [0.2, 0.25) is 0 Å². The van der Waals surface area contributed by atoms with Crippen LogP contribution < -0.4 is 36.7 Å². The van der Waals surface area contributed by atoms with Crippen LogP contribution in [0.2, 0.25) is 0 Å². The van der Waals surface area contributed by atoms with Gasteiger partial charge in [-0.3, -0.25) is 0 Å². The predicted molar refractivity (Wildman–Crippen MR) is 123 cm³/mol. The van der Waals surface area contributed by atoms with E-state index in [1.165, 1.54) is 7.11 Å². The minimum atomic E-state index is -4.53. The fourth-order valence-electron chi connectivity index (χ4n) is 3.52. The Bertz CT molecular complexity index is 1140. The van der Waals surface area contributed by atoms with Crippen LogP contribution in [0.25, 0.3) is 5.82 Å². The number of anilines is 1. The number of nitrogens with one attached hydrogen (secondary N) is 4. The van der Waals surface area contributed by atoms with Crippen LogP contribution in [0.3, 0.4) is 0 Å². The van der Waals surface area contributed by atoms with E-state index in [0.717, 1.165) is 11.5 Å². The number of aromatic nitrogens is 1. The minimum absolute atomic E-state index is 0.0478. The predicted octanol–water partition coefficient (Wildman–Crippen LogP) is 2.09. The molecule has 7 nitrogen and oxygen atoms in total. The van der Waals surface area contributed by atoms with Gasteiger partial charge >= 0.3 is 185 Å². The molecular formula is C21H31F3N5O2P. The van der Waals surface area contributed by atoms with Crippen LogP contribution in [0.15, 0.2) is 29.4 Å². The first-order valence-corrected chi connectivity index (χ1v) is 13.7. The molecule has 2 heterocycles. The summed E-state index contributed by atoms with van der Waals surface area (Å²) >= 11 is 0. The van der Waals surface area contributed by atoms with Crippen molar-refractivity contribution in [3.05, 3.63) is 40.7 Å². The van der Waals surface area contributed by atoms with E-state index in [9.17, 15) is 18.1 Å². The number of rotatable bonds is 6. The van der Waals surface area contributed by atoms with Crippen LogP contribution in [0.4, 0.5) is 18.9 Å². The average molecular weight is 473 g/mol. The van der Waals surface area contributed by atoms with Gasteiger partial charge in [-0.2, -0.15) is 0 Å². The number of nitrogens with zero attached hydrogens (tertiary/aromatic N) is 1. The quantitative estimate of drug-likeness (QED) is 0.415. The summed E-state index contributed by atoms with van der Waals surface area (Å²) in [6, 6.07) is 5.24. The first-order valence-electron chi connectivity index (χ1n) is 10.2. The molecule has 1 unspecified atom stereocenters. The molecule has 0 saturated heterocycles. The van der Waals surface area contributed by atoms with Gasteiger partial charge in [-0.25, -0.2) is 0 Å². The Morgan fingerprint density at radius 2 is 1.88 bits per heavy atom. The number of halogens is 3. The third-order valence-corrected chi connectivity index (χ3v) is 7.06. The van der Waals surface area contributed by atoms with Gasteiger partial charge in [0.25, 0.3) is 0 Å². The number of hydrogen-bond acceptors (Lipinski definition) is 6. The van der Waals surface area contributed by atoms with Gasteiger partial charge in [0.15, 0.2) is 0 Å². The Morgan fingerprint density at radius 3 is 2.41 bits per heavy atom. The number of aromatic amines is 1. The van der Waals surface area contributed by atoms with E-state index in [2.05, 4.69) is 25.9 Å². The number of methoxy groups -OCH3 is 1. The summed E-state index contributed by atoms with van der Waals surface area (Å²) in [7, 11) is 1.52. The summed E-state index contributed by atoms with van der Waals surface area (Å²) in [4.78, 5) is 18.0. The summed E-state index contributed by atoms with van der Waals surface area (Å²) in [5, 5.41) is 10.1. The standard InChI is InChI=1S/C21H31F3N5O2P/c1-12(2)26-19-17-14(21(22,23)24)11-25-18(17)28-20(3,29-19)27-15-9-8-13(10-16(15)31-4)32(5,6,7)30/h8-12,26-27,29-30H,1-7H3,(H,25,28). The van der Waals surface area contributed by atoms with Crippen molar-refractivity contribution in [3.63, 3.8) is 0 Å². The zero-order chi connectivity index (χ0) is 24.1. The number of alkyl halides is 3. The first kappa shape index (κ1) is 24.2. The number of fused-ring (bicyclic) bond motifs is 1. The van der Waals surface area contributed by atoms with Crippen LogP contribution in [0.5, 0.6) is 5.75 Å². The molecule has 1 aliphatic rings. The number of hydrogen-bond donors (Lipinski definition) is 5. The molecule has 5 N–H and O–H groups in total. The van der Waals surface area contributed by atoms with E-state index < -0.39 is 24.4 Å². The summed E-state index contributed by atoms with van der Waals surface area (Å²) in [5.74, 6) is -0.469. The van der Waals surface area contributed by atoms with E-state index in [0.29, 0.717) is 11.4 Å². The van der Waals surface area contributed by atoms with Gasteiger partial charge < -0.3 is 0 Å². The van der Waals surface area contributed by atoms with Crippen molar-refractivity contribution in [1.29, 1.82) is 0 Å². The molecule has 0 aliphatic carbocycles. The van der Waals surface area contributed by atoms with Crippen molar-refractivity contribution < 1.29 is 22.8 Å². The Labute approximate surface area is 185 Å². The Kier molecular flexibility index (Phi) is 5.71. The molecule has 0 saturated carbocycles. The maximum atomic E-state index is 13.5. The number of H-pyrrole nitrogens is 1. The molecule has 178 valence electrons. The van der Waals surface area contributed by atoms with Gasteiger partial charge in [0.1, 0.15) is 0 Å². The number of ether oxygens (including phenoxy) is 1. The van der Waals surface area contributed by atoms with Crippen LogP contribution in [-0.2, 0) is 6.18 Å². The molecule has 0 amide bonds. The van der Waals surface area contributed by atoms with Gasteiger partial charge in [0.05, 0.1) is 0 Å². The summed E-state index contributed by atoms with van der Waals surface area (Å²) < 4.78 is 46.2. The molecule has 1 aromatic heterocycles. The van der Waals surface area contributed by atoms with E-state index in [-0.39, 0.29) is 22.6 Å². The Hall–Kier alpha value is -2.45. The molecule has 1 atom stereocenters. The zero-order valence-electron chi connectivity index (χ0n) is 19.3. The fraction of sp³-hybridized carbons (Fsp3) is 0.476. The second-order valence-electron chi connectivity index (χ2n) is 9.63. The summed E-state index contributed by atoms with van der Waals surface area (Å²) in [6.45, 7) is 7.83. The van der Waals surface area contributed by atoms with Crippen molar-refractivity contribution in [2.24, 2.45) is 4.99 Å². The molecule has 1 aliphatic heterocycles. The van der Waals surface area contributed by atoms with Crippen molar-refractivity contribution in [3.8, 4) is 5.75 Å². The molecule has 2 aromatic rings. The molecule has 1 aromatic carbocycles. The average Bonchev–Trinajstić information content (AvgIpc) is 3.03. The van der Waals surface area contributed by atoms with Crippen molar-refractivity contribution in [2.45, 2.75) is 38.8 Å². The van der Waals surface area contributed by atoms with Crippen molar-refractivity contribution in [1.82, 2.24) is 15.6 Å². The molecule has 32 heavy (non-hydrogen) atoms. The normalized spacial score (nSPS) is 20.0. The van der Waals surface area contributed by atoms with Crippen molar-refractivity contribution in [2.75, 3.05) is 32.4 Å². The molecule has 0 fully saturated rings. The Morgan fingerprint density at radius 1 is 1.22 bits per heavy atom. The van der Waals surface area contributed by atoms with Crippen LogP contribution in [-0.4, -0.2) is 48.8 Å². The second kappa shape index (κ2) is 7.56. The third kappa shape index (κ3) is 4.96. The molecule has 3 rings (SSSR count). The topological polar surface area (TPSA) is 93.7 Å². The van der Waals surface area contributed by atoms with Crippen LogP contribution in [0.1, 0.15) is 26.3 Å². The number of benzene rings is 1. The summed E-state index contributed by atoms with van der Waals surface area (Å²) in [6.07, 6.45) is -3.60. The van der Waals surface area contributed by atoms with Gasteiger partial charge in [-0.05, 0) is 0 Å². The molecule has 0 bridgehead atoms. The van der Waals surface area contributed by atoms with E-state index in [1.54, 1.807) is 19.1 Å². The molecule has 0 radical (unpaired) electrons. The third-order valence-electron chi connectivity index (χ3n) is 5.00. The van der Waals surface area contributed by atoms with Crippen LogP contribution >= 0.6 is 6.83 Å². The van der Waals surface area contributed by atoms with Crippen molar-refractivity contribution >= 4 is 23.6 Å². The monoisotopic (exact) mass is 473 g/mol. The fourth-order valence-corrected chi connectivity index (χ4v) is 4.67. The molecular weight excluding hydrogens is 442 g/mol. The van der Waals surface area contributed by atoms with E-state index in [4.69, 9.17) is 4.74 Å². The van der Waals surface area contributed by atoms with Gasteiger partial charge in [-0.15, -0.1) is 0 Å². The van der Waals surface area contributed by atoms with Crippen LogP contribution in [0, 0.1) is 0 Å². The Balaban J connectivity index is 2.08. The molecule has 11 heteroatoms. The summed E-state index contributed by atoms with van der Waals surface area (Å²) in [5.41, 5.74) is -0.106. The SMILES string of the molecule is COc1cc(P(C)(C)(C)O)ccc1NC1(C)N=c2[nH]cc(C(F)(F)F)c2=C(NC(C)C)N1. The maximum absolute atomic E-state index is 13.5. The first-order chi connectivity index (χ1) is 14.5.